The molecule has 5 heteroatoms. The van der Waals surface area contributed by atoms with E-state index in [4.69, 9.17) is 21.6 Å². The van der Waals surface area contributed by atoms with E-state index in [1.165, 1.54) is 0 Å². The second-order valence-electron chi connectivity index (χ2n) is 4.35. The van der Waals surface area contributed by atoms with Crippen LogP contribution in [0.5, 0.6) is 5.75 Å². The van der Waals surface area contributed by atoms with E-state index in [1.807, 2.05) is 0 Å². The number of hydrogen-bond acceptors (Lipinski definition) is 3. The van der Waals surface area contributed by atoms with E-state index in [9.17, 15) is 4.79 Å². The lowest BCUT2D eigenvalue weighted by Crippen LogP contribution is -2.40. The van der Waals surface area contributed by atoms with Crippen molar-refractivity contribution in [3.05, 3.63) is 23.2 Å². The summed E-state index contributed by atoms with van der Waals surface area (Å²) in [6, 6.07) is 7.10. The minimum atomic E-state index is -0.872. The Balaban J connectivity index is 2.15. The number of hydrogen-bond donors (Lipinski definition) is 1. The van der Waals surface area contributed by atoms with E-state index < -0.39 is 5.41 Å². The predicted octanol–water partition coefficient (Wildman–Crippen LogP) is 2.98. The third-order valence-electron chi connectivity index (χ3n) is 3.28. The van der Waals surface area contributed by atoms with Gasteiger partial charge in [-0.15, -0.1) is 0 Å². The molecule has 1 aliphatic carbocycles. The molecule has 94 valence electrons. The second-order valence-corrected chi connectivity index (χ2v) is 4.75. The fourth-order valence-electron chi connectivity index (χ4n) is 1.89. The van der Waals surface area contributed by atoms with Crippen molar-refractivity contribution in [2.24, 2.45) is 5.41 Å². The average molecular weight is 265 g/mol. The lowest BCUT2D eigenvalue weighted by Gasteiger charge is -2.33. The lowest BCUT2D eigenvalue weighted by atomic mass is 9.69. The van der Waals surface area contributed by atoms with Gasteiger partial charge in [-0.3, -0.25) is 4.79 Å². The van der Waals surface area contributed by atoms with Crippen LogP contribution in [0.3, 0.4) is 0 Å². The highest BCUT2D eigenvalue weighted by molar-refractivity contribution is 6.34. The van der Waals surface area contributed by atoms with Gasteiger partial charge >= 0.3 is 0 Å². The van der Waals surface area contributed by atoms with Gasteiger partial charge in [-0.1, -0.05) is 11.6 Å². The van der Waals surface area contributed by atoms with Crippen molar-refractivity contribution in [2.45, 2.75) is 19.3 Å². The van der Waals surface area contributed by atoms with Crippen LogP contribution in [0.4, 0.5) is 5.69 Å². The fourth-order valence-corrected chi connectivity index (χ4v) is 2.10. The number of rotatable bonds is 3. The summed E-state index contributed by atoms with van der Waals surface area (Å²) in [6.45, 7) is 0. The molecule has 0 aliphatic heterocycles. The first-order valence-corrected chi connectivity index (χ1v) is 6.05. The van der Waals surface area contributed by atoms with Crippen LogP contribution in [0, 0.1) is 16.7 Å². The first kappa shape index (κ1) is 12.7. The van der Waals surface area contributed by atoms with Crippen LogP contribution in [0.2, 0.25) is 5.02 Å². The van der Waals surface area contributed by atoms with Crippen molar-refractivity contribution >= 4 is 23.2 Å². The van der Waals surface area contributed by atoms with Crippen LogP contribution in [-0.4, -0.2) is 13.0 Å². The van der Waals surface area contributed by atoms with E-state index in [-0.39, 0.29) is 5.91 Å². The van der Waals surface area contributed by atoms with Gasteiger partial charge in [0.05, 0.1) is 23.9 Å². The molecule has 4 nitrogen and oxygen atoms in total. The molecule has 1 saturated carbocycles. The van der Waals surface area contributed by atoms with Gasteiger partial charge in [0.25, 0.3) is 0 Å². The summed E-state index contributed by atoms with van der Waals surface area (Å²) in [4.78, 5) is 12.0. The maximum atomic E-state index is 12.0. The molecule has 1 amide bonds. The zero-order valence-electron chi connectivity index (χ0n) is 10.00. The summed E-state index contributed by atoms with van der Waals surface area (Å²) in [5.41, 5.74) is -0.368. The highest BCUT2D eigenvalue weighted by Gasteiger charge is 2.44. The van der Waals surface area contributed by atoms with Crippen LogP contribution >= 0.6 is 11.6 Å². The summed E-state index contributed by atoms with van der Waals surface area (Å²) >= 11 is 6.03. The number of amides is 1. The summed E-state index contributed by atoms with van der Waals surface area (Å²) in [5, 5.41) is 12.2. The molecule has 0 unspecified atom stereocenters. The minimum absolute atomic E-state index is 0.275. The van der Waals surface area contributed by atoms with Gasteiger partial charge in [-0.25, -0.2) is 0 Å². The second kappa shape index (κ2) is 4.87. The molecular formula is C13H13ClN2O2. The Morgan fingerprint density at radius 1 is 1.56 bits per heavy atom. The van der Waals surface area contributed by atoms with Crippen LogP contribution in [0.25, 0.3) is 0 Å². The number of anilines is 1. The molecule has 0 radical (unpaired) electrons. The van der Waals surface area contributed by atoms with E-state index in [0.717, 1.165) is 6.42 Å². The quantitative estimate of drug-likeness (QED) is 0.913. The molecule has 1 N–H and O–H groups in total. The number of carbonyl (C=O) groups is 1. The van der Waals surface area contributed by atoms with Crippen LogP contribution in [0.1, 0.15) is 19.3 Å². The molecule has 1 aromatic rings. The highest BCUT2D eigenvalue weighted by atomic mass is 35.5. The molecule has 18 heavy (non-hydrogen) atoms. The van der Waals surface area contributed by atoms with Gasteiger partial charge in [0.15, 0.2) is 0 Å². The zero-order valence-corrected chi connectivity index (χ0v) is 10.8. The van der Waals surface area contributed by atoms with Crippen molar-refractivity contribution in [2.75, 3.05) is 12.4 Å². The number of methoxy groups -OCH3 is 1. The van der Waals surface area contributed by atoms with E-state index in [1.54, 1.807) is 25.3 Å². The van der Waals surface area contributed by atoms with Crippen LogP contribution < -0.4 is 10.1 Å². The normalized spacial score (nSPS) is 16.3. The van der Waals surface area contributed by atoms with E-state index in [2.05, 4.69) is 11.4 Å². The summed E-state index contributed by atoms with van der Waals surface area (Å²) in [5.74, 6) is 0.347. The van der Waals surface area contributed by atoms with Gasteiger partial charge < -0.3 is 10.1 Å². The largest absolute Gasteiger partial charge is 0.497 e. The molecule has 0 bridgehead atoms. The smallest absolute Gasteiger partial charge is 0.244 e. The standard InChI is InChI=1S/C13H13ClN2O2/c1-18-9-3-4-11(10(14)7-9)16-12(17)13(8-15)5-2-6-13/h3-4,7H,2,5-6H2,1H3,(H,16,17). The minimum Gasteiger partial charge on any atom is -0.497 e. The third kappa shape index (κ3) is 2.14. The molecule has 0 atom stereocenters. The van der Waals surface area contributed by atoms with Gasteiger partial charge in [-0.05, 0) is 31.4 Å². The molecule has 0 heterocycles. The number of benzene rings is 1. The molecule has 0 spiro atoms. The third-order valence-corrected chi connectivity index (χ3v) is 3.59. The van der Waals surface area contributed by atoms with Gasteiger partial charge in [-0.2, -0.15) is 5.26 Å². The van der Waals surface area contributed by atoms with Crippen molar-refractivity contribution < 1.29 is 9.53 Å². The first-order chi connectivity index (χ1) is 8.61. The molecule has 0 saturated heterocycles. The molecule has 2 rings (SSSR count). The Bertz CT molecular complexity index is 518. The van der Waals surface area contributed by atoms with Crippen molar-refractivity contribution in [1.29, 1.82) is 5.26 Å². The van der Waals surface area contributed by atoms with Crippen molar-refractivity contribution in [3.63, 3.8) is 0 Å². The predicted molar refractivity (Wildman–Crippen MR) is 68.5 cm³/mol. The number of nitriles is 1. The van der Waals surface area contributed by atoms with E-state index >= 15 is 0 Å². The van der Waals surface area contributed by atoms with Gasteiger partial charge in [0.1, 0.15) is 11.2 Å². The lowest BCUT2D eigenvalue weighted by molar-refractivity contribution is -0.126. The topological polar surface area (TPSA) is 62.1 Å². The van der Waals surface area contributed by atoms with Crippen LogP contribution in [0.15, 0.2) is 18.2 Å². The number of carbonyl (C=O) groups excluding carboxylic acids is 1. The average Bonchev–Trinajstić information content (AvgIpc) is 2.31. The van der Waals surface area contributed by atoms with Crippen molar-refractivity contribution in [3.8, 4) is 11.8 Å². The summed E-state index contributed by atoms with van der Waals surface area (Å²) < 4.78 is 5.03. The highest BCUT2D eigenvalue weighted by Crippen LogP contribution is 2.41. The molecule has 1 aromatic carbocycles. The zero-order chi connectivity index (χ0) is 13.2. The van der Waals surface area contributed by atoms with E-state index in [0.29, 0.717) is 29.3 Å². The maximum Gasteiger partial charge on any atom is 0.244 e. The monoisotopic (exact) mass is 264 g/mol. The number of ether oxygens (including phenoxy) is 1. The SMILES string of the molecule is COc1ccc(NC(=O)C2(C#N)CCC2)c(Cl)c1. The molecule has 1 fully saturated rings. The summed E-state index contributed by atoms with van der Waals surface area (Å²) in [7, 11) is 1.54. The Kier molecular flexibility index (Phi) is 3.44. The Morgan fingerprint density at radius 2 is 2.28 bits per heavy atom. The Labute approximate surface area is 111 Å². The Hall–Kier alpha value is -1.73. The first-order valence-electron chi connectivity index (χ1n) is 5.67. The summed E-state index contributed by atoms with van der Waals surface area (Å²) in [6.07, 6.45) is 2.14. The fraction of sp³-hybridized carbons (Fsp3) is 0.385. The molecule has 0 aromatic heterocycles. The molecule has 1 aliphatic rings. The van der Waals surface area contributed by atoms with Gasteiger partial charge in [0.2, 0.25) is 5.91 Å². The van der Waals surface area contributed by atoms with Crippen molar-refractivity contribution in [1.82, 2.24) is 0 Å². The van der Waals surface area contributed by atoms with Gasteiger partial charge in [0, 0.05) is 6.07 Å². The Morgan fingerprint density at radius 3 is 2.72 bits per heavy atom. The number of halogens is 1. The maximum absolute atomic E-state index is 12.0. The number of nitrogens with zero attached hydrogens (tertiary/aromatic N) is 1. The number of nitrogens with one attached hydrogen (secondary N) is 1. The van der Waals surface area contributed by atoms with Crippen LogP contribution in [-0.2, 0) is 4.79 Å². The molecular weight excluding hydrogens is 252 g/mol.